The molecule has 0 amide bonds. The van der Waals surface area contributed by atoms with E-state index in [4.69, 9.17) is 4.74 Å². The average Bonchev–Trinajstić information content (AvgIpc) is 2.76. The average molecular weight is 456 g/mol. The molecule has 1 N–H and O–H groups in total. The minimum atomic E-state index is -1.01. The highest BCUT2D eigenvalue weighted by molar-refractivity contribution is 5.91. The molecule has 1 aromatic carbocycles. The van der Waals surface area contributed by atoms with E-state index in [0.717, 1.165) is 0 Å². The maximum Gasteiger partial charge on any atom is 0.338 e. The highest BCUT2D eigenvalue weighted by Gasteiger charge is 2.48. The molecule has 0 atom stereocenters. The fourth-order valence-corrected chi connectivity index (χ4v) is 3.95. The van der Waals surface area contributed by atoms with Crippen molar-refractivity contribution < 1.29 is 22.7 Å². The standard InChI is InChI=1S/C24H23F3N4O2/c1-14(2)33-23(32)15-5-6-18(26)17(10-15)20-7-8-21(31-30-20)29-13-24(11-16(25)12-24)22-19(27)4-3-9-28-22/h3-10,14,16H,11-13H2,1-2H3,(H,29,31). The van der Waals surface area contributed by atoms with Gasteiger partial charge in [-0.1, -0.05) is 0 Å². The third-order valence-corrected chi connectivity index (χ3v) is 5.58. The zero-order valence-electron chi connectivity index (χ0n) is 18.2. The first-order valence-electron chi connectivity index (χ1n) is 10.6. The number of aromatic nitrogens is 3. The fraction of sp³-hybridized carbons (Fsp3) is 0.333. The Morgan fingerprint density at radius 2 is 1.94 bits per heavy atom. The van der Waals surface area contributed by atoms with Crippen molar-refractivity contribution in [2.24, 2.45) is 0 Å². The summed E-state index contributed by atoms with van der Waals surface area (Å²) >= 11 is 0. The number of carbonyl (C=O) groups excluding carboxylic acids is 1. The van der Waals surface area contributed by atoms with Gasteiger partial charge in [-0.15, -0.1) is 10.2 Å². The van der Waals surface area contributed by atoms with E-state index in [9.17, 15) is 18.0 Å². The Kier molecular flexibility index (Phi) is 6.31. The van der Waals surface area contributed by atoms with Crippen LogP contribution in [0.5, 0.6) is 0 Å². The van der Waals surface area contributed by atoms with E-state index in [1.165, 1.54) is 36.5 Å². The highest BCUT2D eigenvalue weighted by atomic mass is 19.1. The minimum Gasteiger partial charge on any atom is -0.459 e. The molecule has 1 aliphatic rings. The molecule has 2 heterocycles. The zero-order chi connectivity index (χ0) is 23.6. The first-order chi connectivity index (χ1) is 15.8. The number of benzene rings is 1. The lowest BCUT2D eigenvalue weighted by molar-refractivity contribution is 0.0378. The molecule has 1 fully saturated rings. The van der Waals surface area contributed by atoms with Gasteiger partial charge >= 0.3 is 5.97 Å². The van der Waals surface area contributed by atoms with Gasteiger partial charge in [-0.3, -0.25) is 4.98 Å². The van der Waals surface area contributed by atoms with Gasteiger partial charge in [-0.2, -0.15) is 0 Å². The second-order valence-electron chi connectivity index (χ2n) is 8.43. The Labute approximate surface area is 189 Å². The molecule has 1 saturated carbocycles. The van der Waals surface area contributed by atoms with E-state index in [1.54, 1.807) is 26.0 Å². The van der Waals surface area contributed by atoms with Crippen molar-refractivity contribution in [1.29, 1.82) is 0 Å². The number of rotatable bonds is 7. The van der Waals surface area contributed by atoms with Crippen molar-refractivity contribution in [3.63, 3.8) is 0 Å². The number of halogens is 3. The van der Waals surface area contributed by atoms with Crippen molar-refractivity contribution in [2.75, 3.05) is 11.9 Å². The van der Waals surface area contributed by atoms with Crippen LogP contribution in [-0.4, -0.2) is 40.0 Å². The van der Waals surface area contributed by atoms with Crippen LogP contribution in [0.2, 0.25) is 0 Å². The van der Waals surface area contributed by atoms with Crippen LogP contribution >= 0.6 is 0 Å². The van der Waals surface area contributed by atoms with Crippen LogP contribution in [-0.2, 0) is 10.2 Å². The molecule has 1 aliphatic carbocycles. The number of alkyl halides is 1. The number of hydrogen-bond acceptors (Lipinski definition) is 6. The number of anilines is 1. The van der Waals surface area contributed by atoms with Gasteiger partial charge in [0.15, 0.2) is 0 Å². The molecule has 0 bridgehead atoms. The lowest BCUT2D eigenvalue weighted by Crippen LogP contribution is -2.49. The van der Waals surface area contributed by atoms with Crippen molar-refractivity contribution in [3.05, 3.63) is 71.6 Å². The van der Waals surface area contributed by atoms with Gasteiger partial charge in [0, 0.05) is 23.7 Å². The van der Waals surface area contributed by atoms with Crippen LogP contribution < -0.4 is 5.32 Å². The van der Waals surface area contributed by atoms with Crippen LogP contribution in [0.15, 0.2) is 48.7 Å². The highest BCUT2D eigenvalue weighted by Crippen LogP contribution is 2.45. The largest absolute Gasteiger partial charge is 0.459 e. The third kappa shape index (κ3) is 4.81. The second-order valence-corrected chi connectivity index (χ2v) is 8.43. The molecule has 0 saturated heterocycles. The van der Waals surface area contributed by atoms with Crippen molar-refractivity contribution >= 4 is 11.8 Å². The molecule has 0 unspecified atom stereocenters. The molecule has 2 aromatic heterocycles. The Bertz CT molecular complexity index is 1150. The molecule has 3 aromatic rings. The van der Waals surface area contributed by atoms with Gasteiger partial charge in [0.2, 0.25) is 0 Å². The summed E-state index contributed by atoms with van der Waals surface area (Å²) in [5, 5.41) is 11.2. The molecule has 9 heteroatoms. The third-order valence-electron chi connectivity index (χ3n) is 5.58. The molecular weight excluding hydrogens is 433 g/mol. The van der Waals surface area contributed by atoms with Crippen molar-refractivity contribution in [2.45, 2.75) is 44.4 Å². The Balaban J connectivity index is 1.50. The number of pyridine rings is 1. The van der Waals surface area contributed by atoms with E-state index in [2.05, 4.69) is 20.5 Å². The lowest BCUT2D eigenvalue weighted by Gasteiger charge is -2.44. The quantitative estimate of drug-likeness (QED) is 0.512. The summed E-state index contributed by atoms with van der Waals surface area (Å²) < 4.78 is 47.5. The van der Waals surface area contributed by atoms with Gasteiger partial charge in [0.25, 0.3) is 0 Å². The van der Waals surface area contributed by atoms with Gasteiger partial charge < -0.3 is 10.1 Å². The Hall–Kier alpha value is -3.49. The van der Waals surface area contributed by atoms with Gasteiger partial charge in [-0.05, 0) is 69.2 Å². The SMILES string of the molecule is CC(C)OC(=O)c1ccc(F)c(-c2ccc(NCC3(c4ncccc4F)CC(F)C3)nn2)c1. The summed E-state index contributed by atoms with van der Waals surface area (Å²) in [5.74, 6) is -1.22. The van der Waals surface area contributed by atoms with Crippen LogP contribution in [0.4, 0.5) is 19.0 Å². The predicted octanol–water partition coefficient (Wildman–Crippen LogP) is 4.86. The van der Waals surface area contributed by atoms with E-state index >= 15 is 0 Å². The molecule has 0 aliphatic heterocycles. The van der Waals surface area contributed by atoms with Gasteiger partial charge in [0.1, 0.15) is 23.6 Å². The summed E-state index contributed by atoms with van der Waals surface area (Å²) in [6, 6.07) is 9.84. The fourth-order valence-electron chi connectivity index (χ4n) is 3.95. The Morgan fingerprint density at radius 3 is 2.58 bits per heavy atom. The number of nitrogens with zero attached hydrogens (tertiary/aromatic N) is 3. The smallest absolute Gasteiger partial charge is 0.338 e. The molecule has 0 spiro atoms. The summed E-state index contributed by atoms with van der Waals surface area (Å²) in [4.78, 5) is 16.3. The maximum absolute atomic E-state index is 14.4. The number of ether oxygens (including phenoxy) is 1. The summed E-state index contributed by atoms with van der Waals surface area (Å²) in [5.41, 5.74) is -0.00595. The minimum absolute atomic E-state index is 0.110. The van der Waals surface area contributed by atoms with E-state index in [0.29, 0.717) is 5.82 Å². The molecule has 6 nitrogen and oxygen atoms in total. The van der Waals surface area contributed by atoms with Crippen LogP contribution in [0.1, 0.15) is 42.7 Å². The van der Waals surface area contributed by atoms with Crippen LogP contribution in [0, 0.1) is 11.6 Å². The zero-order valence-corrected chi connectivity index (χ0v) is 18.2. The molecular formula is C24H23F3N4O2. The normalized spacial score (nSPS) is 19.8. The summed E-state index contributed by atoms with van der Waals surface area (Å²) in [6.07, 6.45) is 0.481. The van der Waals surface area contributed by atoms with Crippen LogP contribution in [0.3, 0.4) is 0 Å². The predicted molar refractivity (Wildman–Crippen MR) is 116 cm³/mol. The van der Waals surface area contributed by atoms with Crippen molar-refractivity contribution in [1.82, 2.24) is 15.2 Å². The summed E-state index contributed by atoms with van der Waals surface area (Å²) in [7, 11) is 0. The molecule has 172 valence electrons. The molecule has 33 heavy (non-hydrogen) atoms. The van der Waals surface area contributed by atoms with Gasteiger partial charge in [0.05, 0.1) is 23.1 Å². The van der Waals surface area contributed by atoms with Gasteiger partial charge in [-0.25, -0.2) is 18.0 Å². The second kappa shape index (κ2) is 9.17. The number of hydrogen-bond donors (Lipinski definition) is 1. The summed E-state index contributed by atoms with van der Waals surface area (Å²) in [6.45, 7) is 3.67. The van der Waals surface area contributed by atoms with Crippen molar-refractivity contribution in [3.8, 4) is 11.3 Å². The Morgan fingerprint density at radius 1 is 1.15 bits per heavy atom. The van der Waals surface area contributed by atoms with E-state index in [-0.39, 0.29) is 48.0 Å². The van der Waals surface area contributed by atoms with E-state index < -0.39 is 29.2 Å². The van der Waals surface area contributed by atoms with E-state index in [1.807, 2.05) is 0 Å². The first kappa shape index (κ1) is 22.7. The topological polar surface area (TPSA) is 77.0 Å². The molecule has 0 radical (unpaired) electrons. The molecule has 4 rings (SSSR count). The van der Waals surface area contributed by atoms with Crippen LogP contribution in [0.25, 0.3) is 11.3 Å². The number of esters is 1. The number of nitrogens with one attached hydrogen (secondary N) is 1. The first-order valence-corrected chi connectivity index (χ1v) is 10.6. The lowest BCUT2D eigenvalue weighted by atomic mass is 9.65. The monoisotopic (exact) mass is 456 g/mol. The maximum atomic E-state index is 14.4. The number of carbonyl (C=O) groups is 1.